The molecule has 168 valence electrons. The number of hydrogen-bond acceptors (Lipinski definition) is 7. The second kappa shape index (κ2) is 7.03. The molecule has 10 heteroatoms. The summed E-state index contributed by atoms with van der Waals surface area (Å²) in [6.07, 6.45) is 3.77. The van der Waals surface area contributed by atoms with E-state index in [1.54, 1.807) is 11.6 Å². The van der Waals surface area contributed by atoms with Gasteiger partial charge >= 0.3 is 0 Å². The number of aromatic nitrogens is 6. The average molecular weight is 447 g/mol. The Kier molecular flexibility index (Phi) is 4.20. The van der Waals surface area contributed by atoms with Crippen LogP contribution in [-0.2, 0) is 7.05 Å². The fraction of sp³-hybridized carbons (Fsp3) is 0.304. The van der Waals surface area contributed by atoms with Crippen molar-refractivity contribution in [3.8, 4) is 16.9 Å². The molecule has 1 saturated carbocycles. The normalized spacial score (nSPS) is 13.8. The summed E-state index contributed by atoms with van der Waals surface area (Å²) in [5, 5.41) is 12.8. The van der Waals surface area contributed by atoms with Crippen LogP contribution in [0.1, 0.15) is 35.9 Å². The van der Waals surface area contributed by atoms with Crippen LogP contribution in [0.5, 0.6) is 5.75 Å². The molecule has 1 aliphatic carbocycles. The van der Waals surface area contributed by atoms with Crippen molar-refractivity contribution < 1.29 is 13.7 Å². The minimum Gasteiger partial charge on any atom is -0.493 e. The molecule has 0 bridgehead atoms. The van der Waals surface area contributed by atoms with E-state index in [0.717, 1.165) is 24.4 Å². The lowest BCUT2D eigenvalue weighted by molar-refractivity contribution is 0.389. The van der Waals surface area contributed by atoms with E-state index in [4.69, 9.17) is 9.26 Å². The van der Waals surface area contributed by atoms with Crippen LogP contribution in [0, 0.1) is 19.7 Å². The van der Waals surface area contributed by atoms with Gasteiger partial charge in [0.1, 0.15) is 29.4 Å². The van der Waals surface area contributed by atoms with Gasteiger partial charge in [-0.2, -0.15) is 5.10 Å². The van der Waals surface area contributed by atoms with Crippen LogP contribution in [-0.4, -0.2) is 37.0 Å². The van der Waals surface area contributed by atoms with Gasteiger partial charge < -0.3 is 19.6 Å². The molecule has 0 spiro atoms. The van der Waals surface area contributed by atoms with Gasteiger partial charge in [-0.25, -0.2) is 14.4 Å². The minimum absolute atomic E-state index is 0.115. The molecule has 33 heavy (non-hydrogen) atoms. The summed E-state index contributed by atoms with van der Waals surface area (Å²) in [5.41, 5.74) is 4.08. The molecule has 0 atom stereocenters. The third-order valence-electron chi connectivity index (χ3n) is 6.22. The number of methoxy groups -OCH3 is 1. The quantitative estimate of drug-likeness (QED) is 0.395. The average Bonchev–Trinajstić information content (AvgIpc) is 3.36. The lowest BCUT2D eigenvalue weighted by Crippen LogP contribution is -2.01. The molecular weight excluding hydrogens is 425 g/mol. The number of H-pyrrole nitrogens is 1. The minimum atomic E-state index is -0.502. The summed E-state index contributed by atoms with van der Waals surface area (Å²) < 4.78 is 28.6. The fourth-order valence-electron chi connectivity index (χ4n) is 4.47. The maximum Gasteiger partial charge on any atom is 0.175 e. The van der Waals surface area contributed by atoms with E-state index in [2.05, 4.69) is 30.5 Å². The summed E-state index contributed by atoms with van der Waals surface area (Å²) in [4.78, 5) is 12.0. The Morgan fingerprint density at radius 3 is 2.73 bits per heavy atom. The first-order chi connectivity index (χ1) is 16.0. The van der Waals surface area contributed by atoms with Crippen molar-refractivity contribution in [3.05, 3.63) is 41.4 Å². The number of ether oxygens (including phenoxy) is 1. The highest BCUT2D eigenvalue weighted by atomic mass is 19.1. The highest BCUT2D eigenvalue weighted by Crippen LogP contribution is 2.44. The molecule has 1 fully saturated rings. The van der Waals surface area contributed by atoms with Crippen LogP contribution in [0.15, 0.2) is 23.0 Å². The van der Waals surface area contributed by atoms with Crippen LogP contribution in [0.2, 0.25) is 0 Å². The fourth-order valence-corrected chi connectivity index (χ4v) is 4.47. The van der Waals surface area contributed by atoms with Gasteiger partial charge in [0, 0.05) is 24.6 Å². The monoisotopic (exact) mass is 447 g/mol. The number of fused-ring (bicyclic) bond motifs is 3. The summed E-state index contributed by atoms with van der Waals surface area (Å²) in [6.45, 7) is 3.61. The number of rotatable bonds is 5. The van der Waals surface area contributed by atoms with Gasteiger partial charge in [-0.15, -0.1) is 0 Å². The van der Waals surface area contributed by atoms with Gasteiger partial charge in [-0.1, -0.05) is 5.16 Å². The first kappa shape index (κ1) is 19.7. The standard InChI is InChI=1S/C23H22FN7O2/c1-10-17(11(2)33-30-10)13-7-15-18(20(24)21(13)32-4)19-22(27-15)25-9-26-23(19)28-16-8-14(12-5-6-12)29-31(16)3/h7-9,12H,5-6H2,1-4H3,(H2,25,26,27,28). The second-order valence-electron chi connectivity index (χ2n) is 8.44. The molecule has 9 nitrogen and oxygen atoms in total. The molecule has 1 aromatic carbocycles. The molecule has 4 aromatic heterocycles. The first-order valence-electron chi connectivity index (χ1n) is 10.7. The third-order valence-corrected chi connectivity index (χ3v) is 6.22. The van der Waals surface area contributed by atoms with Crippen molar-refractivity contribution in [3.63, 3.8) is 0 Å². The smallest absolute Gasteiger partial charge is 0.175 e. The number of hydrogen-bond donors (Lipinski definition) is 2. The van der Waals surface area contributed by atoms with E-state index >= 15 is 4.39 Å². The molecule has 0 unspecified atom stereocenters. The number of nitrogens with zero attached hydrogens (tertiary/aromatic N) is 5. The van der Waals surface area contributed by atoms with Crippen molar-refractivity contribution in [2.24, 2.45) is 7.05 Å². The molecule has 0 saturated heterocycles. The Balaban J connectivity index is 1.56. The van der Waals surface area contributed by atoms with Crippen molar-refractivity contribution in [2.45, 2.75) is 32.6 Å². The van der Waals surface area contributed by atoms with Gasteiger partial charge in [-0.3, -0.25) is 4.68 Å². The number of aromatic amines is 1. The van der Waals surface area contributed by atoms with Crippen molar-refractivity contribution in [1.82, 2.24) is 29.9 Å². The first-order valence-corrected chi connectivity index (χ1v) is 10.7. The summed E-state index contributed by atoms with van der Waals surface area (Å²) in [6, 6.07) is 3.86. The van der Waals surface area contributed by atoms with E-state index in [1.165, 1.54) is 13.4 Å². The van der Waals surface area contributed by atoms with E-state index < -0.39 is 5.82 Å². The van der Waals surface area contributed by atoms with E-state index in [1.807, 2.05) is 26.1 Å². The molecule has 6 rings (SSSR count). The van der Waals surface area contributed by atoms with Crippen LogP contribution in [0.4, 0.5) is 16.0 Å². The number of anilines is 2. The Bertz CT molecular complexity index is 1520. The predicted molar refractivity (Wildman–Crippen MR) is 121 cm³/mol. The molecule has 0 radical (unpaired) electrons. The van der Waals surface area contributed by atoms with E-state index in [9.17, 15) is 0 Å². The van der Waals surface area contributed by atoms with Crippen LogP contribution < -0.4 is 10.1 Å². The summed E-state index contributed by atoms with van der Waals surface area (Å²) in [5.74, 6) is 2.00. The topological polar surface area (TPSA) is 107 Å². The van der Waals surface area contributed by atoms with Gasteiger partial charge in [0.15, 0.2) is 11.6 Å². The number of aryl methyl sites for hydroxylation is 3. The van der Waals surface area contributed by atoms with Crippen molar-refractivity contribution in [1.29, 1.82) is 0 Å². The lowest BCUT2D eigenvalue weighted by atomic mass is 10.0. The molecular formula is C23H22FN7O2. The second-order valence-corrected chi connectivity index (χ2v) is 8.44. The summed E-state index contributed by atoms with van der Waals surface area (Å²) in [7, 11) is 3.33. The number of benzene rings is 1. The van der Waals surface area contributed by atoms with Gasteiger partial charge in [-0.05, 0) is 32.8 Å². The molecule has 1 aliphatic rings. The summed E-state index contributed by atoms with van der Waals surface area (Å²) >= 11 is 0. The zero-order valence-electron chi connectivity index (χ0n) is 18.7. The van der Waals surface area contributed by atoms with E-state index in [0.29, 0.717) is 56.3 Å². The SMILES string of the molecule is COc1c(-c2c(C)noc2C)cc2[nH]c3ncnc(Nc4cc(C5CC5)nn4C)c3c2c1F. The Hall–Kier alpha value is -3.95. The predicted octanol–water partition coefficient (Wildman–Crippen LogP) is 4.89. The highest BCUT2D eigenvalue weighted by molar-refractivity contribution is 6.13. The van der Waals surface area contributed by atoms with Gasteiger partial charge in [0.05, 0.1) is 40.4 Å². The maximum atomic E-state index is 16.0. The number of nitrogens with one attached hydrogen (secondary N) is 2. The molecule has 0 amide bonds. The van der Waals surface area contributed by atoms with Crippen molar-refractivity contribution >= 4 is 33.6 Å². The molecule has 0 aliphatic heterocycles. The number of halogens is 1. The lowest BCUT2D eigenvalue weighted by Gasteiger charge is -2.11. The molecule has 2 N–H and O–H groups in total. The van der Waals surface area contributed by atoms with Gasteiger partial charge in [0.2, 0.25) is 0 Å². The van der Waals surface area contributed by atoms with Crippen LogP contribution in [0.25, 0.3) is 33.1 Å². The van der Waals surface area contributed by atoms with Crippen LogP contribution >= 0.6 is 0 Å². The van der Waals surface area contributed by atoms with Gasteiger partial charge in [0.25, 0.3) is 0 Å². The highest BCUT2D eigenvalue weighted by Gasteiger charge is 2.28. The van der Waals surface area contributed by atoms with E-state index in [-0.39, 0.29) is 5.75 Å². The zero-order valence-corrected chi connectivity index (χ0v) is 18.7. The third kappa shape index (κ3) is 2.97. The van der Waals surface area contributed by atoms with Crippen LogP contribution in [0.3, 0.4) is 0 Å². The molecule has 4 heterocycles. The maximum absolute atomic E-state index is 16.0. The van der Waals surface area contributed by atoms with Crippen molar-refractivity contribution in [2.75, 3.05) is 12.4 Å². The Labute approximate surface area is 188 Å². The largest absolute Gasteiger partial charge is 0.493 e. The Morgan fingerprint density at radius 1 is 1.21 bits per heavy atom. The molecule has 5 aromatic rings. The Morgan fingerprint density at radius 2 is 2.03 bits per heavy atom. The zero-order chi connectivity index (χ0) is 22.9.